The van der Waals surface area contributed by atoms with E-state index in [1.165, 1.54) is 21.2 Å². The summed E-state index contributed by atoms with van der Waals surface area (Å²) >= 11 is -0.919. The maximum absolute atomic E-state index is 7.15. The molecule has 2 atom stereocenters. The molecule has 0 radical (unpaired) electrons. The van der Waals surface area contributed by atoms with Crippen LogP contribution in [0.25, 0.3) is 0 Å². The van der Waals surface area contributed by atoms with Gasteiger partial charge in [-0.15, -0.1) is 0 Å². The molecule has 0 bridgehead atoms. The van der Waals surface area contributed by atoms with Crippen molar-refractivity contribution in [2.45, 2.75) is 25.2 Å². The Hall–Kier alpha value is -0.199. The van der Waals surface area contributed by atoms with E-state index in [9.17, 15) is 0 Å². The van der Waals surface area contributed by atoms with Gasteiger partial charge in [-0.25, -0.2) is 0 Å². The van der Waals surface area contributed by atoms with Crippen molar-refractivity contribution >= 4 is 49.0 Å². The summed E-state index contributed by atoms with van der Waals surface area (Å²) in [6, 6.07) is 44.3. The van der Waals surface area contributed by atoms with Crippen LogP contribution in [0.4, 0.5) is 0 Å². The molecular formula is C28H28Au2Cl2P2. The van der Waals surface area contributed by atoms with Crippen LogP contribution in [0.3, 0.4) is 0 Å². The van der Waals surface area contributed by atoms with Crippen molar-refractivity contribution in [2.24, 2.45) is 0 Å². The van der Waals surface area contributed by atoms with Gasteiger partial charge in [0.2, 0.25) is 0 Å². The molecule has 0 aliphatic carbocycles. The van der Waals surface area contributed by atoms with Gasteiger partial charge in [0.1, 0.15) is 0 Å². The van der Waals surface area contributed by atoms with Gasteiger partial charge in [0, 0.05) is 0 Å². The predicted octanol–water partition coefficient (Wildman–Crippen LogP) is 7.40. The Bertz CT molecular complexity index is 1120. The summed E-state index contributed by atoms with van der Waals surface area (Å²) in [4.78, 5) is 0. The van der Waals surface area contributed by atoms with E-state index in [1.54, 1.807) is 0 Å². The van der Waals surface area contributed by atoms with Crippen LogP contribution in [0.5, 0.6) is 0 Å². The molecule has 0 saturated carbocycles. The first-order chi connectivity index (χ1) is 16.6. The molecule has 0 heterocycles. The second-order valence-electron chi connectivity index (χ2n) is 8.09. The first-order valence-corrected chi connectivity index (χ1v) is 25.6. The van der Waals surface area contributed by atoms with Crippen LogP contribution >= 0.6 is 27.8 Å². The summed E-state index contributed by atoms with van der Waals surface area (Å²) in [6.07, 6.45) is 0. The van der Waals surface area contributed by atoms with Crippen LogP contribution in [0.15, 0.2) is 121 Å². The SMILES string of the molecule is CC(C(C)[P](=[Au][Cl])(c1ccccc1)c1ccccc1)[P](=[Au][Cl])(c1ccccc1)c1ccccc1. The van der Waals surface area contributed by atoms with E-state index in [2.05, 4.69) is 135 Å². The minimum atomic E-state index is -1.83. The van der Waals surface area contributed by atoms with Crippen LogP contribution < -0.4 is 21.2 Å². The Balaban J connectivity index is 2.00. The number of hydrogen-bond acceptors (Lipinski definition) is 0. The Morgan fingerprint density at radius 3 is 0.824 bits per heavy atom. The fraction of sp³-hybridized carbons (Fsp3) is 0.143. The maximum atomic E-state index is 7.15. The molecule has 4 rings (SSSR count). The van der Waals surface area contributed by atoms with Crippen LogP contribution in [0.1, 0.15) is 13.8 Å². The van der Waals surface area contributed by atoms with Gasteiger partial charge >= 0.3 is 231 Å². The van der Waals surface area contributed by atoms with Gasteiger partial charge in [0.15, 0.2) is 0 Å². The molecule has 34 heavy (non-hydrogen) atoms. The summed E-state index contributed by atoms with van der Waals surface area (Å²) in [5.74, 6) is 0. The molecule has 0 spiro atoms. The molecule has 0 aliphatic rings. The molecule has 0 N–H and O–H groups in total. The zero-order valence-corrected chi connectivity index (χ0v) is 26.6. The molecule has 6 heteroatoms. The molecule has 0 aliphatic heterocycles. The van der Waals surface area contributed by atoms with E-state index < -0.39 is 44.7 Å². The normalized spacial score (nSPS) is 14.1. The van der Waals surface area contributed by atoms with Gasteiger partial charge in [-0.2, -0.15) is 0 Å². The molecule has 4 aromatic rings. The first kappa shape index (κ1) is 26.9. The van der Waals surface area contributed by atoms with Crippen molar-refractivity contribution in [3.05, 3.63) is 121 Å². The topological polar surface area (TPSA) is 0 Å². The average molecular weight is 891 g/mol. The van der Waals surface area contributed by atoms with Gasteiger partial charge in [-0.3, -0.25) is 0 Å². The van der Waals surface area contributed by atoms with E-state index >= 15 is 0 Å². The molecule has 186 valence electrons. The second-order valence-corrected chi connectivity index (χ2v) is 30.7. The van der Waals surface area contributed by atoms with Crippen molar-refractivity contribution in [3.63, 3.8) is 0 Å². The average Bonchev–Trinajstić information content (AvgIpc) is 2.92. The summed E-state index contributed by atoms with van der Waals surface area (Å²) in [7, 11) is 14.3. The molecule has 0 amide bonds. The van der Waals surface area contributed by atoms with Gasteiger partial charge in [-0.1, -0.05) is 0 Å². The predicted molar refractivity (Wildman–Crippen MR) is 149 cm³/mol. The van der Waals surface area contributed by atoms with E-state index in [0.29, 0.717) is 11.3 Å². The Kier molecular flexibility index (Phi) is 9.76. The van der Waals surface area contributed by atoms with E-state index in [-0.39, 0.29) is 0 Å². The van der Waals surface area contributed by atoms with Crippen LogP contribution in [-0.4, -0.2) is 11.3 Å². The minimum absolute atomic E-state index is 0.403. The Morgan fingerprint density at radius 2 is 0.647 bits per heavy atom. The van der Waals surface area contributed by atoms with Gasteiger partial charge < -0.3 is 0 Å². The molecule has 0 aromatic heterocycles. The van der Waals surface area contributed by atoms with Crippen molar-refractivity contribution in [3.8, 4) is 0 Å². The van der Waals surface area contributed by atoms with Crippen molar-refractivity contribution in [1.82, 2.24) is 0 Å². The Morgan fingerprint density at radius 1 is 0.441 bits per heavy atom. The van der Waals surface area contributed by atoms with Gasteiger partial charge in [0.05, 0.1) is 0 Å². The fourth-order valence-electron chi connectivity index (χ4n) is 4.54. The van der Waals surface area contributed by atoms with Crippen molar-refractivity contribution < 1.29 is 35.3 Å². The molecule has 4 aromatic carbocycles. The third-order valence-electron chi connectivity index (χ3n) is 6.37. The van der Waals surface area contributed by atoms with Crippen LogP contribution in [0.2, 0.25) is 0 Å². The molecule has 0 fully saturated rings. The molecule has 0 nitrogen and oxygen atoms in total. The zero-order chi connectivity index (χ0) is 24.0. The van der Waals surface area contributed by atoms with E-state index in [1.807, 2.05) is 0 Å². The van der Waals surface area contributed by atoms with Crippen LogP contribution in [0, 0.1) is 0 Å². The third-order valence-corrected chi connectivity index (χ3v) is 37.3. The third kappa shape index (κ3) is 4.98. The summed E-state index contributed by atoms with van der Waals surface area (Å²) in [5.41, 5.74) is 0.806. The van der Waals surface area contributed by atoms with Gasteiger partial charge in [-0.05, 0) is 0 Å². The molecule has 2 unspecified atom stereocenters. The standard InChI is InChI=1S/C28H28P2.2Au.2ClH/c1-23(29(25-15-7-3-8-16-25)26-17-9-4-10-18-26)24(2)30(27-19-11-5-12-20-27)28-21-13-6-14-22-28;;;;/h3-24H,1-2H3;;;2*1H/q;2*+1;;/p-2. The first-order valence-electron chi connectivity index (χ1n) is 11.0. The van der Waals surface area contributed by atoms with E-state index in [0.717, 1.165) is 0 Å². The van der Waals surface area contributed by atoms with E-state index in [4.69, 9.17) is 18.4 Å². The molecule has 0 saturated heterocycles. The van der Waals surface area contributed by atoms with Crippen LogP contribution in [-0.2, 0) is 35.3 Å². The molecular weight excluding hydrogens is 863 g/mol. The number of rotatable bonds is 7. The quantitative estimate of drug-likeness (QED) is 0.134. The number of hydrogen-bond donors (Lipinski definition) is 0. The monoisotopic (exact) mass is 890 g/mol. The number of halogens is 2. The Labute approximate surface area is 228 Å². The number of benzene rings is 4. The van der Waals surface area contributed by atoms with Gasteiger partial charge in [0.25, 0.3) is 0 Å². The summed E-state index contributed by atoms with van der Waals surface area (Å²) in [6.45, 7) is 4.93. The van der Waals surface area contributed by atoms with Crippen molar-refractivity contribution in [2.75, 3.05) is 0 Å². The second kappa shape index (κ2) is 12.4. The van der Waals surface area contributed by atoms with Crippen molar-refractivity contribution in [1.29, 1.82) is 0 Å². The summed E-state index contributed by atoms with van der Waals surface area (Å²) < 4.78 is -3.66. The summed E-state index contributed by atoms with van der Waals surface area (Å²) in [5, 5.41) is 5.68. The fourth-order valence-corrected chi connectivity index (χ4v) is 35.2. The zero-order valence-electron chi connectivity index (χ0n) is 19.0.